The first kappa shape index (κ1) is 14.5. The van der Waals surface area contributed by atoms with Crippen molar-refractivity contribution in [2.24, 2.45) is 0 Å². The second-order valence-electron chi connectivity index (χ2n) is 3.16. The zero-order chi connectivity index (χ0) is 13.7. The molecule has 0 saturated heterocycles. The normalized spacial score (nSPS) is 10.2. The number of nitro benzene ring substituents is 1. The number of amides is 1. The number of carbonyl (C=O) groups excluding carboxylic acids is 1. The van der Waals surface area contributed by atoms with Crippen molar-refractivity contribution in [3.63, 3.8) is 0 Å². The fourth-order valence-corrected chi connectivity index (χ4v) is 1.32. The van der Waals surface area contributed by atoms with Crippen LogP contribution in [0.2, 0.25) is 0 Å². The van der Waals surface area contributed by atoms with E-state index in [4.69, 9.17) is 27.9 Å². The second-order valence-corrected chi connectivity index (χ2v) is 4.26. The molecule has 8 heteroatoms. The van der Waals surface area contributed by atoms with E-state index < -0.39 is 15.7 Å². The summed E-state index contributed by atoms with van der Waals surface area (Å²) in [5, 5.41) is 13.1. The quantitative estimate of drug-likeness (QED) is 0.514. The van der Waals surface area contributed by atoms with Crippen molar-refractivity contribution in [1.82, 2.24) is 0 Å². The molecule has 1 aromatic carbocycles. The maximum atomic E-state index is 11.3. The third kappa shape index (κ3) is 3.75. The lowest BCUT2D eigenvalue weighted by Crippen LogP contribution is -2.19. The lowest BCUT2D eigenvalue weighted by molar-refractivity contribution is -0.384. The molecule has 98 valence electrons. The number of nitrogens with zero attached hydrogens (tertiary/aromatic N) is 1. The Morgan fingerprint density at radius 2 is 2.22 bits per heavy atom. The van der Waals surface area contributed by atoms with Crippen LogP contribution < -0.4 is 10.1 Å². The minimum Gasteiger partial charge on any atom is -0.494 e. The molecule has 0 fully saturated rings. The van der Waals surface area contributed by atoms with Crippen molar-refractivity contribution in [2.75, 3.05) is 11.9 Å². The van der Waals surface area contributed by atoms with Crippen molar-refractivity contribution in [2.45, 2.75) is 11.8 Å². The lowest BCUT2D eigenvalue weighted by atomic mass is 10.2. The van der Waals surface area contributed by atoms with E-state index in [-0.39, 0.29) is 11.4 Å². The molecule has 0 bridgehead atoms. The Hall–Kier alpha value is -1.53. The molecule has 0 aromatic heterocycles. The third-order valence-electron chi connectivity index (χ3n) is 1.93. The molecule has 0 heterocycles. The lowest BCUT2D eigenvalue weighted by Gasteiger charge is -2.08. The van der Waals surface area contributed by atoms with Gasteiger partial charge in [-0.05, 0) is 19.1 Å². The summed E-state index contributed by atoms with van der Waals surface area (Å²) in [4.78, 5) is 20.2. The molecule has 0 unspecified atom stereocenters. The predicted octanol–water partition coefficient (Wildman–Crippen LogP) is 2.74. The van der Waals surface area contributed by atoms with Gasteiger partial charge in [0, 0.05) is 0 Å². The third-order valence-corrected chi connectivity index (χ3v) is 2.33. The van der Waals surface area contributed by atoms with Gasteiger partial charge in [-0.25, -0.2) is 0 Å². The molecule has 6 nitrogen and oxygen atoms in total. The second kappa shape index (κ2) is 6.42. The zero-order valence-corrected chi connectivity index (χ0v) is 10.9. The zero-order valence-electron chi connectivity index (χ0n) is 9.35. The molecule has 1 N–H and O–H groups in total. The molecule has 1 amide bonds. The van der Waals surface area contributed by atoms with Gasteiger partial charge < -0.3 is 10.1 Å². The van der Waals surface area contributed by atoms with Gasteiger partial charge in [-0.1, -0.05) is 23.2 Å². The van der Waals surface area contributed by atoms with E-state index in [1.54, 1.807) is 6.92 Å². The number of alkyl halides is 2. The van der Waals surface area contributed by atoms with Crippen LogP contribution in [0, 0.1) is 10.1 Å². The van der Waals surface area contributed by atoms with Gasteiger partial charge in [0.2, 0.25) is 0 Å². The van der Waals surface area contributed by atoms with Crippen LogP contribution in [0.1, 0.15) is 6.92 Å². The summed E-state index contributed by atoms with van der Waals surface area (Å²) in [5.41, 5.74) is -0.275. The van der Waals surface area contributed by atoms with Gasteiger partial charge in [0.05, 0.1) is 17.6 Å². The molecule has 0 aliphatic carbocycles. The largest absolute Gasteiger partial charge is 0.494 e. The average molecular weight is 293 g/mol. The Bertz CT molecular complexity index is 465. The van der Waals surface area contributed by atoms with Crippen LogP contribution in [-0.4, -0.2) is 22.3 Å². The molecule has 0 radical (unpaired) electrons. The Morgan fingerprint density at radius 1 is 1.56 bits per heavy atom. The molecule has 0 aliphatic heterocycles. The molecule has 1 rings (SSSR count). The first-order chi connectivity index (χ1) is 8.45. The van der Waals surface area contributed by atoms with Crippen molar-refractivity contribution in [1.29, 1.82) is 0 Å². The number of rotatable bonds is 5. The van der Waals surface area contributed by atoms with E-state index in [1.807, 2.05) is 0 Å². The summed E-state index contributed by atoms with van der Waals surface area (Å²) in [6.07, 6.45) is 0. The van der Waals surface area contributed by atoms with Gasteiger partial charge in [-0.3, -0.25) is 14.9 Å². The van der Waals surface area contributed by atoms with E-state index in [0.717, 1.165) is 0 Å². The first-order valence-electron chi connectivity index (χ1n) is 4.96. The van der Waals surface area contributed by atoms with Gasteiger partial charge in [0.15, 0.2) is 4.84 Å². The van der Waals surface area contributed by atoms with Crippen molar-refractivity contribution in [3.05, 3.63) is 28.3 Å². The molecule has 0 atom stereocenters. The molecule has 1 aromatic rings. The Kier molecular flexibility index (Phi) is 5.18. The average Bonchev–Trinajstić information content (AvgIpc) is 2.30. The summed E-state index contributed by atoms with van der Waals surface area (Å²) in [7, 11) is 0. The van der Waals surface area contributed by atoms with Gasteiger partial charge in [0.1, 0.15) is 11.4 Å². The minimum atomic E-state index is -1.30. The highest BCUT2D eigenvalue weighted by molar-refractivity contribution is 6.54. The first-order valence-corrected chi connectivity index (χ1v) is 5.83. The topological polar surface area (TPSA) is 81.5 Å². The standard InChI is InChI=1S/C10H10Cl2N2O4/c1-2-18-6-3-4-7(8(5-6)14(16)17)13-10(15)9(11)12/h3-5,9H,2H2,1H3,(H,13,15). The maximum absolute atomic E-state index is 11.3. The van der Waals surface area contributed by atoms with Crippen molar-refractivity contribution in [3.8, 4) is 5.75 Å². The molecule has 18 heavy (non-hydrogen) atoms. The molecule has 0 spiro atoms. The van der Waals surface area contributed by atoms with Crippen LogP contribution in [0.25, 0.3) is 0 Å². The SMILES string of the molecule is CCOc1ccc(NC(=O)C(Cl)Cl)c([N+](=O)[O-])c1. The predicted molar refractivity (Wildman–Crippen MR) is 68.4 cm³/mol. The Morgan fingerprint density at radius 3 is 2.72 bits per heavy atom. The van der Waals surface area contributed by atoms with Gasteiger partial charge in [-0.15, -0.1) is 0 Å². The number of nitro groups is 1. The number of benzene rings is 1. The van der Waals surface area contributed by atoms with E-state index in [0.29, 0.717) is 12.4 Å². The smallest absolute Gasteiger partial charge is 0.296 e. The molecule has 0 aliphatic rings. The number of ether oxygens (including phenoxy) is 1. The maximum Gasteiger partial charge on any atom is 0.296 e. The highest BCUT2D eigenvalue weighted by atomic mass is 35.5. The summed E-state index contributed by atoms with van der Waals surface area (Å²) in [5.74, 6) is -0.388. The molecule has 0 saturated carbocycles. The molecular formula is C10H10Cl2N2O4. The van der Waals surface area contributed by atoms with Crippen LogP contribution in [0.15, 0.2) is 18.2 Å². The fraction of sp³-hybridized carbons (Fsp3) is 0.300. The summed E-state index contributed by atoms with van der Waals surface area (Å²) in [6.45, 7) is 2.14. The highest BCUT2D eigenvalue weighted by Crippen LogP contribution is 2.29. The van der Waals surface area contributed by atoms with Crippen molar-refractivity contribution >= 4 is 40.5 Å². The van der Waals surface area contributed by atoms with Crippen molar-refractivity contribution < 1.29 is 14.5 Å². The monoisotopic (exact) mass is 292 g/mol. The number of nitrogens with one attached hydrogen (secondary N) is 1. The van der Waals surface area contributed by atoms with E-state index in [1.165, 1.54) is 18.2 Å². The van der Waals surface area contributed by atoms with Gasteiger partial charge in [0.25, 0.3) is 11.6 Å². The number of carbonyl (C=O) groups is 1. The minimum absolute atomic E-state index is 0.0137. The van der Waals surface area contributed by atoms with Gasteiger partial charge in [-0.2, -0.15) is 0 Å². The van der Waals surface area contributed by atoms with Crippen LogP contribution in [0.3, 0.4) is 0 Å². The number of hydrogen-bond acceptors (Lipinski definition) is 4. The van der Waals surface area contributed by atoms with Crippen LogP contribution >= 0.6 is 23.2 Å². The highest BCUT2D eigenvalue weighted by Gasteiger charge is 2.19. The fourth-order valence-electron chi connectivity index (χ4n) is 1.21. The Balaban J connectivity index is 3.04. The van der Waals surface area contributed by atoms with Gasteiger partial charge >= 0.3 is 0 Å². The summed E-state index contributed by atoms with van der Waals surface area (Å²) >= 11 is 10.7. The number of anilines is 1. The van der Waals surface area contributed by atoms with E-state index in [9.17, 15) is 14.9 Å². The van der Waals surface area contributed by atoms with E-state index >= 15 is 0 Å². The number of hydrogen-bond donors (Lipinski definition) is 1. The van der Waals surface area contributed by atoms with E-state index in [2.05, 4.69) is 5.32 Å². The summed E-state index contributed by atoms with van der Waals surface area (Å²) < 4.78 is 5.13. The van der Waals surface area contributed by atoms with Crippen LogP contribution in [-0.2, 0) is 4.79 Å². The Labute approximate surface area is 113 Å². The van der Waals surface area contributed by atoms with Crippen LogP contribution in [0.4, 0.5) is 11.4 Å². The van der Waals surface area contributed by atoms with Crippen LogP contribution in [0.5, 0.6) is 5.75 Å². The molecular weight excluding hydrogens is 283 g/mol. The summed E-state index contributed by atoms with van der Waals surface area (Å²) in [6, 6.07) is 4.08. The number of halogens is 2.